The highest BCUT2D eigenvalue weighted by molar-refractivity contribution is 6.10. The second kappa shape index (κ2) is 5.49. The number of rotatable bonds is 5. The van der Waals surface area contributed by atoms with E-state index in [1.54, 1.807) is 6.92 Å². The molecule has 0 unspecified atom stereocenters. The van der Waals surface area contributed by atoms with Crippen LogP contribution in [0.25, 0.3) is 0 Å². The van der Waals surface area contributed by atoms with E-state index in [9.17, 15) is 14.7 Å². The number of benzene rings is 1. The predicted octanol–water partition coefficient (Wildman–Crippen LogP) is 2.67. The Balaban J connectivity index is 3.56. The van der Waals surface area contributed by atoms with Gasteiger partial charge in [0, 0.05) is 17.2 Å². The summed E-state index contributed by atoms with van der Waals surface area (Å²) >= 11 is 0. The topological polar surface area (TPSA) is 63.6 Å². The summed E-state index contributed by atoms with van der Waals surface area (Å²) in [5.74, 6) is -0.417. The van der Waals surface area contributed by atoms with Crippen LogP contribution >= 0.6 is 0 Å². The van der Waals surface area contributed by atoms with Crippen LogP contribution in [0.3, 0.4) is 0 Å². The quantitative estimate of drug-likeness (QED) is 0.642. The maximum Gasteiger partial charge on any atom is 0.164 e. The molecule has 0 radical (unpaired) electrons. The highest BCUT2D eigenvalue weighted by atomic mass is 16.5. The van der Waals surface area contributed by atoms with Gasteiger partial charge in [-0.25, -0.2) is 0 Å². The van der Waals surface area contributed by atoms with Crippen LogP contribution in [0.15, 0.2) is 18.7 Å². The summed E-state index contributed by atoms with van der Waals surface area (Å²) in [6.07, 6.45) is 1.52. The van der Waals surface area contributed by atoms with Crippen LogP contribution < -0.4 is 4.74 Å². The minimum Gasteiger partial charge on any atom is -0.508 e. The summed E-state index contributed by atoms with van der Waals surface area (Å²) in [4.78, 5) is 23.3. The second-order valence-electron chi connectivity index (χ2n) is 3.98. The van der Waals surface area contributed by atoms with Crippen LogP contribution in [-0.4, -0.2) is 23.3 Å². The van der Waals surface area contributed by atoms with Gasteiger partial charge in [0.05, 0.1) is 5.56 Å². The van der Waals surface area contributed by atoms with Gasteiger partial charge in [-0.1, -0.05) is 12.7 Å². The van der Waals surface area contributed by atoms with Gasteiger partial charge in [0.2, 0.25) is 0 Å². The molecule has 1 rings (SSSR count). The fraction of sp³-hybridized carbons (Fsp3) is 0.286. The number of carbonyl (C=O) groups is 2. The number of ketones is 2. The van der Waals surface area contributed by atoms with Crippen molar-refractivity contribution in [2.75, 3.05) is 6.61 Å². The Morgan fingerprint density at radius 2 is 1.89 bits per heavy atom. The maximum atomic E-state index is 11.7. The Morgan fingerprint density at radius 3 is 2.33 bits per heavy atom. The van der Waals surface area contributed by atoms with Gasteiger partial charge in [0.1, 0.15) is 18.1 Å². The van der Waals surface area contributed by atoms with Crippen LogP contribution in [-0.2, 0) is 0 Å². The van der Waals surface area contributed by atoms with Gasteiger partial charge in [-0.15, -0.1) is 0 Å². The third-order valence-electron chi connectivity index (χ3n) is 2.58. The summed E-state index contributed by atoms with van der Waals surface area (Å²) < 4.78 is 5.32. The molecule has 0 saturated carbocycles. The summed E-state index contributed by atoms with van der Waals surface area (Å²) in [6, 6.07) is 1.35. The molecule has 1 aromatic rings. The molecule has 0 aliphatic rings. The van der Waals surface area contributed by atoms with Crippen molar-refractivity contribution in [1.82, 2.24) is 0 Å². The zero-order chi connectivity index (χ0) is 13.9. The third-order valence-corrected chi connectivity index (χ3v) is 2.58. The van der Waals surface area contributed by atoms with E-state index >= 15 is 0 Å². The van der Waals surface area contributed by atoms with Gasteiger partial charge in [-0.2, -0.15) is 0 Å². The minimum atomic E-state index is -0.281. The lowest BCUT2D eigenvalue weighted by molar-refractivity contribution is 0.0976. The van der Waals surface area contributed by atoms with E-state index in [0.29, 0.717) is 5.56 Å². The highest BCUT2D eigenvalue weighted by Crippen LogP contribution is 2.33. The number of phenols is 1. The standard InChI is InChI=1S/C14H16O4/c1-5-6-18-12-7-11(17)8(2)13(9(3)15)14(12)10(4)16/h5,7,17H,1,6H2,2-4H3. The summed E-state index contributed by atoms with van der Waals surface area (Å²) in [5, 5.41) is 9.77. The summed E-state index contributed by atoms with van der Waals surface area (Å²) in [6.45, 7) is 8.01. The molecule has 0 fully saturated rings. The lowest BCUT2D eigenvalue weighted by Crippen LogP contribution is -2.10. The van der Waals surface area contributed by atoms with E-state index in [1.807, 2.05) is 0 Å². The van der Waals surface area contributed by atoms with Crippen LogP contribution in [0.2, 0.25) is 0 Å². The van der Waals surface area contributed by atoms with Crippen molar-refractivity contribution in [3.8, 4) is 11.5 Å². The van der Waals surface area contributed by atoms with E-state index in [0.717, 1.165) is 0 Å². The Kier molecular flexibility index (Phi) is 4.26. The van der Waals surface area contributed by atoms with E-state index in [4.69, 9.17) is 4.74 Å². The first-order valence-electron chi connectivity index (χ1n) is 5.52. The molecule has 96 valence electrons. The molecule has 1 N–H and O–H groups in total. The number of aromatic hydroxyl groups is 1. The van der Waals surface area contributed by atoms with Gasteiger partial charge >= 0.3 is 0 Å². The molecule has 0 aliphatic heterocycles. The Bertz CT molecular complexity index is 515. The first-order valence-corrected chi connectivity index (χ1v) is 5.52. The second-order valence-corrected chi connectivity index (χ2v) is 3.98. The van der Waals surface area contributed by atoms with Crippen molar-refractivity contribution < 1.29 is 19.4 Å². The monoisotopic (exact) mass is 248 g/mol. The van der Waals surface area contributed by atoms with Crippen LogP contribution in [0.4, 0.5) is 0 Å². The smallest absolute Gasteiger partial charge is 0.164 e. The average molecular weight is 248 g/mol. The molecule has 0 saturated heterocycles. The molecular formula is C14H16O4. The fourth-order valence-electron chi connectivity index (χ4n) is 1.80. The van der Waals surface area contributed by atoms with E-state index in [2.05, 4.69) is 6.58 Å². The fourth-order valence-corrected chi connectivity index (χ4v) is 1.80. The molecule has 0 bridgehead atoms. The number of carbonyl (C=O) groups excluding carboxylic acids is 2. The average Bonchev–Trinajstić information content (AvgIpc) is 2.28. The molecule has 0 atom stereocenters. The van der Waals surface area contributed by atoms with Crippen LogP contribution in [0, 0.1) is 6.92 Å². The number of ether oxygens (including phenoxy) is 1. The first kappa shape index (κ1) is 14.0. The lowest BCUT2D eigenvalue weighted by Gasteiger charge is -2.15. The highest BCUT2D eigenvalue weighted by Gasteiger charge is 2.22. The molecular weight excluding hydrogens is 232 g/mol. The van der Waals surface area contributed by atoms with Crippen molar-refractivity contribution in [2.24, 2.45) is 0 Å². The van der Waals surface area contributed by atoms with Gasteiger partial charge in [0.15, 0.2) is 11.6 Å². The zero-order valence-corrected chi connectivity index (χ0v) is 10.7. The van der Waals surface area contributed by atoms with E-state index in [1.165, 1.54) is 26.0 Å². The number of hydrogen-bond acceptors (Lipinski definition) is 4. The molecule has 4 heteroatoms. The predicted molar refractivity (Wildman–Crippen MR) is 68.5 cm³/mol. The van der Waals surface area contributed by atoms with Crippen molar-refractivity contribution in [3.63, 3.8) is 0 Å². The Morgan fingerprint density at radius 1 is 1.33 bits per heavy atom. The Labute approximate surface area is 106 Å². The van der Waals surface area contributed by atoms with E-state index in [-0.39, 0.29) is 40.8 Å². The molecule has 18 heavy (non-hydrogen) atoms. The van der Waals surface area contributed by atoms with Gasteiger partial charge in [0.25, 0.3) is 0 Å². The normalized spacial score (nSPS) is 9.94. The maximum absolute atomic E-state index is 11.7. The lowest BCUT2D eigenvalue weighted by atomic mass is 9.94. The number of hydrogen-bond donors (Lipinski definition) is 1. The SMILES string of the molecule is C=CCOc1cc(O)c(C)c(C(C)=O)c1C(C)=O. The molecule has 0 aromatic heterocycles. The van der Waals surface area contributed by atoms with Gasteiger partial charge in [-0.05, 0) is 20.8 Å². The molecule has 0 aliphatic carbocycles. The molecule has 0 amide bonds. The van der Waals surface area contributed by atoms with Gasteiger partial charge in [-0.3, -0.25) is 9.59 Å². The van der Waals surface area contributed by atoms with Crippen molar-refractivity contribution in [2.45, 2.75) is 20.8 Å². The molecule has 4 nitrogen and oxygen atoms in total. The Hall–Kier alpha value is -2.10. The minimum absolute atomic E-state index is 0.0655. The molecule has 0 spiro atoms. The summed E-state index contributed by atoms with van der Waals surface area (Å²) in [7, 11) is 0. The van der Waals surface area contributed by atoms with Crippen molar-refractivity contribution >= 4 is 11.6 Å². The zero-order valence-electron chi connectivity index (χ0n) is 10.7. The number of Topliss-reactive ketones (excluding diaryl/α,β-unsaturated/α-hetero) is 2. The van der Waals surface area contributed by atoms with Gasteiger partial charge < -0.3 is 9.84 Å². The van der Waals surface area contributed by atoms with Crippen LogP contribution in [0.5, 0.6) is 11.5 Å². The van der Waals surface area contributed by atoms with E-state index < -0.39 is 0 Å². The largest absolute Gasteiger partial charge is 0.508 e. The summed E-state index contributed by atoms with van der Waals surface area (Å²) in [5.41, 5.74) is 0.805. The molecule has 0 heterocycles. The first-order chi connectivity index (χ1) is 8.40. The molecule has 1 aromatic carbocycles. The van der Waals surface area contributed by atoms with Crippen molar-refractivity contribution in [3.05, 3.63) is 35.4 Å². The van der Waals surface area contributed by atoms with Crippen molar-refractivity contribution in [1.29, 1.82) is 0 Å². The van der Waals surface area contributed by atoms with Crippen LogP contribution in [0.1, 0.15) is 40.1 Å². The number of phenolic OH excluding ortho intramolecular Hbond substituents is 1. The third kappa shape index (κ3) is 2.59.